The SMILES string of the molecule is CC1CCC(C)(NC(=O)CC(N)c2ccccc2)CC1. The molecule has 1 atom stereocenters. The summed E-state index contributed by atoms with van der Waals surface area (Å²) in [6.07, 6.45) is 4.89. The minimum Gasteiger partial charge on any atom is -0.351 e. The third-order valence-electron chi connectivity index (χ3n) is 4.45. The van der Waals surface area contributed by atoms with E-state index in [1.54, 1.807) is 0 Å². The molecule has 3 N–H and O–H groups in total. The number of nitrogens with one attached hydrogen (secondary N) is 1. The van der Waals surface area contributed by atoms with Gasteiger partial charge < -0.3 is 11.1 Å². The van der Waals surface area contributed by atoms with Crippen molar-refractivity contribution in [2.75, 3.05) is 0 Å². The van der Waals surface area contributed by atoms with Gasteiger partial charge in [-0.3, -0.25) is 4.79 Å². The van der Waals surface area contributed by atoms with Crippen LogP contribution in [0, 0.1) is 5.92 Å². The van der Waals surface area contributed by atoms with Gasteiger partial charge in [-0.05, 0) is 44.1 Å². The molecular weight excluding hydrogens is 248 g/mol. The molecule has 1 aliphatic carbocycles. The number of hydrogen-bond acceptors (Lipinski definition) is 2. The van der Waals surface area contributed by atoms with Crippen molar-refractivity contribution in [3.63, 3.8) is 0 Å². The van der Waals surface area contributed by atoms with Crippen molar-refractivity contribution < 1.29 is 4.79 Å². The first-order chi connectivity index (χ1) is 9.48. The van der Waals surface area contributed by atoms with E-state index in [0.717, 1.165) is 24.3 Å². The highest BCUT2D eigenvalue weighted by atomic mass is 16.1. The molecule has 0 aromatic heterocycles. The Labute approximate surface area is 121 Å². The molecule has 1 aromatic carbocycles. The van der Waals surface area contributed by atoms with E-state index in [1.807, 2.05) is 30.3 Å². The number of hydrogen-bond donors (Lipinski definition) is 2. The molecule has 20 heavy (non-hydrogen) atoms. The second-order valence-corrected chi connectivity index (χ2v) is 6.51. The normalized spacial score (nSPS) is 27.9. The van der Waals surface area contributed by atoms with Crippen molar-refractivity contribution in [2.24, 2.45) is 11.7 Å². The average Bonchev–Trinajstić information content (AvgIpc) is 2.43. The second kappa shape index (κ2) is 6.40. The van der Waals surface area contributed by atoms with Gasteiger partial charge in [-0.15, -0.1) is 0 Å². The third kappa shape index (κ3) is 4.07. The molecule has 1 amide bonds. The molecule has 110 valence electrons. The molecule has 0 radical (unpaired) electrons. The van der Waals surface area contributed by atoms with Crippen LogP contribution in [0.25, 0.3) is 0 Å². The zero-order valence-corrected chi connectivity index (χ0v) is 12.6. The van der Waals surface area contributed by atoms with Crippen LogP contribution in [0.5, 0.6) is 0 Å². The fraction of sp³-hybridized carbons (Fsp3) is 0.588. The minimum absolute atomic E-state index is 0.0417. The Morgan fingerprint density at radius 3 is 2.55 bits per heavy atom. The van der Waals surface area contributed by atoms with Crippen LogP contribution in [0.2, 0.25) is 0 Å². The lowest BCUT2D eigenvalue weighted by molar-refractivity contribution is -0.123. The first kappa shape index (κ1) is 15.0. The van der Waals surface area contributed by atoms with E-state index in [1.165, 1.54) is 12.8 Å². The van der Waals surface area contributed by atoms with Gasteiger partial charge in [0, 0.05) is 18.0 Å². The highest BCUT2D eigenvalue weighted by molar-refractivity contribution is 5.77. The van der Waals surface area contributed by atoms with Gasteiger partial charge in [0.15, 0.2) is 0 Å². The lowest BCUT2D eigenvalue weighted by Crippen LogP contribution is -2.48. The van der Waals surface area contributed by atoms with Crippen LogP contribution in [-0.2, 0) is 4.79 Å². The van der Waals surface area contributed by atoms with Crippen LogP contribution < -0.4 is 11.1 Å². The summed E-state index contributed by atoms with van der Waals surface area (Å²) in [5.41, 5.74) is 7.08. The maximum Gasteiger partial charge on any atom is 0.222 e. The monoisotopic (exact) mass is 274 g/mol. The van der Waals surface area contributed by atoms with E-state index in [4.69, 9.17) is 5.73 Å². The zero-order valence-electron chi connectivity index (χ0n) is 12.6. The predicted molar refractivity (Wildman–Crippen MR) is 82.2 cm³/mol. The van der Waals surface area contributed by atoms with Crippen LogP contribution >= 0.6 is 0 Å². The first-order valence-electron chi connectivity index (χ1n) is 7.60. The van der Waals surface area contributed by atoms with Gasteiger partial charge >= 0.3 is 0 Å². The number of carbonyl (C=O) groups is 1. The van der Waals surface area contributed by atoms with Crippen LogP contribution in [0.1, 0.15) is 57.6 Å². The second-order valence-electron chi connectivity index (χ2n) is 6.51. The van der Waals surface area contributed by atoms with E-state index in [0.29, 0.717) is 6.42 Å². The summed E-state index contributed by atoms with van der Waals surface area (Å²) in [5, 5.41) is 3.20. The van der Waals surface area contributed by atoms with Crippen LogP contribution in [0.4, 0.5) is 0 Å². The fourth-order valence-electron chi connectivity index (χ4n) is 2.93. The Balaban J connectivity index is 1.86. The van der Waals surface area contributed by atoms with Crippen molar-refractivity contribution >= 4 is 5.91 Å². The van der Waals surface area contributed by atoms with Gasteiger partial charge in [0.05, 0.1) is 0 Å². The lowest BCUT2D eigenvalue weighted by Gasteiger charge is -2.37. The Morgan fingerprint density at radius 1 is 1.35 bits per heavy atom. The number of amides is 1. The van der Waals surface area contributed by atoms with Gasteiger partial charge in [-0.2, -0.15) is 0 Å². The van der Waals surface area contributed by atoms with E-state index in [9.17, 15) is 4.79 Å². The zero-order chi connectivity index (χ0) is 14.6. The standard InChI is InChI=1S/C17H26N2O/c1-13-8-10-17(2,11-9-13)19-16(20)12-15(18)14-6-4-3-5-7-14/h3-7,13,15H,8-12,18H2,1-2H3,(H,19,20). The quantitative estimate of drug-likeness (QED) is 0.886. The molecule has 0 spiro atoms. The number of benzene rings is 1. The van der Waals surface area contributed by atoms with E-state index in [2.05, 4.69) is 19.2 Å². The molecule has 0 aliphatic heterocycles. The van der Waals surface area contributed by atoms with Gasteiger partial charge in [0.25, 0.3) is 0 Å². The van der Waals surface area contributed by atoms with Crippen molar-refractivity contribution in [3.05, 3.63) is 35.9 Å². The molecule has 1 aliphatic rings. The molecule has 3 heteroatoms. The van der Waals surface area contributed by atoms with Gasteiger partial charge in [0.2, 0.25) is 5.91 Å². The summed E-state index contributed by atoms with van der Waals surface area (Å²) in [7, 11) is 0. The minimum atomic E-state index is -0.220. The predicted octanol–water partition coefficient (Wildman–Crippen LogP) is 3.16. The smallest absolute Gasteiger partial charge is 0.222 e. The molecule has 1 fully saturated rings. The Hall–Kier alpha value is -1.35. The Kier molecular flexibility index (Phi) is 4.81. The molecule has 0 saturated heterocycles. The van der Waals surface area contributed by atoms with Crippen molar-refractivity contribution in [2.45, 2.75) is 57.5 Å². The number of nitrogens with two attached hydrogens (primary N) is 1. The summed E-state index contributed by atoms with van der Waals surface area (Å²) in [6.45, 7) is 4.44. The Bertz CT molecular complexity index is 436. The van der Waals surface area contributed by atoms with Crippen LogP contribution in [-0.4, -0.2) is 11.4 Å². The van der Waals surface area contributed by atoms with Crippen LogP contribution in [0.3, 0.4) is 0 Å². The summed E-state index contributed by atoms with van der Waals surface area (Å²) in [5.74, 6) is 0.852. The van der Waals surface area contributed by atoms with Gasteiger partial charge in [-0.25, -0.2) is 0 Å². The fourth-order valence-corrected chi connectivity index (χ4v) is 2.93. The summed E-state index contributed by atoms with van der Waals surface area (Å²) >= 11 is 0. The van der Waals surface area contributed by atoms with Crippen molar-refractivity contribution in [1.82, 2.24) is 5.32 Å². The topological polar surface area (TPSA) is 55.1 Å². The summed E-state index contributed by atoms with van der Waals surface area (Å²) < 4.78 is 0. The summed E-state index contributed by atoms with van der Waals surface area (Å²) in [6, 6.07) is 9.60. The molecule has 0 heterocycles. The molecular formula is C17H26N2O. The molecule has 3 nitrogen and oxygen atoms in total. The molecule has 2 rings (SSSR count). The van der Waals surface area contributed by atoms with Crippen molar-refractivity contribution in [1.29, 1.82) is 0 Å². The molecule has 1 saturated carbocycles. The van der Waals surface area contributed by atoms with E-state index >= 15 is 0 Å². The first-order valence-corrected chi connectivity index (χ1v) is 7.60. The van der Waals surface area contributed by atoms with E-state index in [-0.39, 0.29) is 17.5 Å². The number of rotatable bonds is 4. The lowest BCUT2D eigenvalue weighted by atomic mass is 9.78. The van der Waals surface area contributed by atoms with Gasteiger partial charge in [0.1, 0.15) is 0 Å². The maximum atomic E-state index is 12.2. The van der Waals surface area contributed by atoms with Gasteiger partial charge in [-0.1, -0.05) is 37.3 Å². The Morgan fingerprint density at radius 2 is 1.95 bits per heavy atom. The average molecular weight is 274 g/mol. The van der Waals surface area contributed by atoms with Crippen LogP contribution in [0.15, 0.2) is 30.3 Å². The number of carbonyl (C=O) groups excluding carboxylic acids is 1. The highest BCUT2D eigenvalue weighted by Gasteiger charge is 2.31. The third-order valence-corrected chi connectivity index (χ3v) is 4.45. The maximum absolute atomic E-state index is 12.2. The van der Waals surface area contributed by atoms with E-state index < -0.39 is 0 Å². The molecule has 0 bridgehead atoms. The summed E-state index contributed by atoms with van der Waals surface area (Å²) in [4.78, 5) is 12.2. The van der Waals surface area contributed by atoms with Crippen molar-refractivity contribution in [3.8, 4) is 0 Å². The highest BCUT2D eigenvalue weighted by Crippen LogP contribution is 2.31. The largest absolute Gasteiger partial charge is 0.351 e. The molecule has 1 unspecified atom stereocenters. The molecule has 1 aromatic rings.